The molecule has 0 bridgehead atoms. The van der Waals surface area contributed by atoms with Crippen LogP contribution >= 0.6 is 0 Å². The normalized spacial score (nSPS) is 12.0. The quantitative estimate of drug-likeness (QED) is 0.847. The minimum absolute atomic E-state index is 0.0939. The first-order chi connectivity index (χ1) is 7.97. The van der Waals surface area contributed by atoms with Gasteiger partial charge >= 0.3 is 0 Å². The first-order valence-corrected chi connectivity index (χ1v) is 6.23. The van der Waals surface area contributed by atoms with Crippen LogP contribution in [0.25, 0.3) is 10.8 Å². The van der Waals surface area contributed by atoms with Gasteiger partial charge in [-0.2, -0.15) is 0 Å². The smallest absolute Gasteiger partial charge is 0.0100 e. The van der Waals surface area contributed by atoms with Crippen molar-refractivity contribution in [1.82, 2.24) is 0 Å². The molecule has 0 atom stereocenters. The maximum Gasteiger partial charge on any atom is 0.0100 e. The third-order valence-corrected chi connectivity index (χ3v) is 3.29. The average molecular weight is 227 g/mol. The Morgan fingerprint density at radius 2 is 1.76 bits per heavy atom. The van der Waals surface area contributed by atoms with Crippen molar-refractivity contribution in [2.24, 2.45) is 5.73 Å². The van der Waals surface area contributed by atoms with E-state index in [-0.39, 0.29) is 5.54 Å². The van der Waals surface area contributed by atoms with E-state index in [1.165, 1.54) is 21.9 Å². The van der Waals surface area contributed by atoms with Crippen molar-refractivity contribution >= 4 is 10.8 Å². The van der Waals surface area contributed by atoms with Crippen molar-refractivity contribution in [3.8, 4) is 0 Å². The second-order valence-electron chi connectivity index (χ2n) is 5.57. The number of hydrogen-bond donors (Lipinski definition) is 1. The monoisotopic (exact) mass is 227 g/mol. The van der Waals surface area contributed by atoms with Crippen molar-refractivity contribution in [2.45, 2.75) is 39.2 Å². The maximum absolute atomic E-state index is 6.08. The van der Waals surface area contributed by atoms with E-state index in [2.05, 4.69) is 57.2 Å². The molecular formula is C16H21N. The molecule has 0 radical (unpaired) electrons. The van der Waals surface area contributed by atoms with Crippen LogP contribution in [0.2, 0.25) is 0 Å². The molecule has 0 saturated heterocycles. The van der Waals surface area contributed by atoms with Crippen LogP contribution < -0.4 is 5.73 Å². The molecule has 0 aromatic heterocycles. The Morgan fingerprint density at radius 3 is 2.47 bits per heavy atom. The van der Waals surface area contributed by atoms with E-state index in [4.69, 9.17) is 5.73 Å². The van der Waals surface area contributed by atoms with Gasteiger partial charge < -0.3 is 5.73 Å². The van der Waals surface area contributed by atoms with Gasteiger partial charge in [0.2, 0.25) is 0 Å². The van der Waals surface area contributed by atoms with Crippen LogP contribution in [-0.4, -0.2) is 5.54 Å². The van der Waals surface area contributed by atoms with Crippen LogP contribution in [0, 0.1) is 6.92 Å². The molecule has 90 valence electrons. The molecule has 0 amide bonds. The highest BCUT2D eigenvalue weighted by molar-refractivity contribution is 5.86. The summed E-state index contributed by atoms with van der Waals surface area (Å²) in [6.07, 6.45) is 2.07. The van der Waals surface area contributed by atoms with E-state index in [1.54, 1.807) is 0 Å². The lowest BCUT2D eigenvalue weighted by molar-refractivity contribution is 0.477. The summed E-state index contributed by atoms with van der Waals surface area (Å²) in [4.78, 5) is 0. The van der Waals surface area contributed by atoms with Gasteiger partial charge in [-0.3, -0.25) is 0 Å². The third kappa shape index (κ3) is 2.86. The molecule has 0 saturated carbocycles. The van der Waals surface area contributed by atoms with Crippen LogP contribution in [0.1, 0.15) is 31.4 Å². The highest BCUT2D eigenvalue weighted by atomic mass is 14.7. The van der Waals surface area contributed by atoms with Crippen LogP contribution in [-0.2, 0) is 6.42 Å². The summed E-state index contributed by atoms with van der Waals surface area (Å²) in [5.74, 6) is 0. The van der Waals surface area contributed by atoms with Crippen molar-refractivity contribution in [2.75, 3.05) is 0 Å². The zero-order valence-corrected chi connectivity index (χ0v) is 11.0. The lowest BCUT2D eigenvalue weighted by atomic mass is 9.91. The third-order valence-electron chi connectivity index (χ3n) is 3.29. The van der Waals surface area contributed by atoms with Gasteiger partial charge in [0.05, 0.1) is 0 Å². The van der Waals surface area contributed by atoms with Crippen molar-refractivity contribution in [3.63, 3.8) is 0 Å². The van der Waals surface area contributed by atoms with Crippen LogP contribution in [0.5, 0.6) is 0 Å². The molecule has 2 aromatic carbocycles. The zero-order valence-electron chi connectivity index (χ0n) is 11.0. The van der Waals surface area contributed by atoms with Gasteiger partial charge in [0.1, 0.15) is 0 Å². The van der Waals surface area contributed by atoms with E-state index >= 15 is 0 Å². The standard InChI is InChI=1S/C16H21N/c1-12-8-9-13-6-4-5-7-15(13)14(12)10-11-16(2,3)17/h4-9H,10-11,17H2,1-3H3. The highest BCUT2D eigenvalue weighted by Gasteiger charge is 2.12. The van der Waals surface area contributed by atoms with E-state index in [1.807, 2.05) is 0 Å². The van der Waals surface area contributed by atoms with Gasteiger partial charge in [-0.25, -0.2) is 0 Å². The molecule has 0 unspecified atom stereocenters. The minimum atomic E-state index is -0.0939. The van der Waals surface area contributed by atoms with Crippen LogP contribution in [0.3, 0.4) is 0 Å². The number of aryl methyl sites for hydroxylation is 2. The van der Waals surface area contributed by atoms with Crippen molar-refractivity contribution in [3.05, 3.63) is 47.5 Å². The predicted octanol–water partition coefficient (Wildman–Crippen LogP) is 3.82. The molecule has 0 aliphatic carbocycles. The van der Waals surface area contributed by atoms with Crippen LogP contribution in [0.15, 0.2) is 36.4 Å². The summed E-state index contributed by atoms with van der Waals surface area (Å²) in [7, 11) is 0. The number of rotatable bonds is 3. The van der Waals surface area contributed by atoms with Gasteiger partial charge in [-0.1, -0.05) is 36.4 Å². The van der Waals surface area contributed by atoms with Gasteiger partial charge in [0, 0.05) is 5.54 Å². The van der Waals surface area contributed by atoms with Gasteiger partial charge in [-0.05, 0) is 55.5 Å². The number of benzene rings is 2. The fourth-order valence-electron chi connectivity index (χ4n) is 2.22. The largest absolute Gasteiger partial charge is 0.326 e. The second-order valence-corrected chi connectivity index (χ2v) is 5.57. The SMILES string of the molecule is Cc1ccc2ccccc2c1CCC(C)(C)N. The van der Waals surface area contributed by atoms with E-state index < -0.39 is 0 Å². The van der Waals surface area contributed by atoms with Crippen LogP contribution in [0.4, 0.5) is 0 Å². The molecule has 1 nitrogen and oxygen atoms in total. The second kappa shape index (κ2) is 4.50. The summed E-state index contributed by atoms with van der Waals surface area (Å²) in [6.45, 7) is 6.37. The molecule has 2 aromatic rings. The first kappa shape index (κ1) is 12.1. The van der Waals surface area contributed by atoms with Crippen molar-refractivity contribution < 1.29 is 0 Å². The fourth-order valence-corrected chi connectivity index (χ4v) is 2.22. The minimum Gasteiger partial charge on any atom is -0.326 e. The number of hydrogen-bond acceptors (Lipinski definition) is 1. The lowest BCUT2D eigenvalue weighted by Gasteiger charge is -2.19. The van der Waals surface area contributed by atoms with Gasteiger partial charge in [0.15, 0.2) is 0 Å². The molecule has 1 heteroatoms. The highest BCUT2D eigenvalue weighted by Crippen LogP contribution is 2.24. The average Bonchev–Trinajstić information content (AvgIpc) is 2.26. The molecule has 0 aliphatic heterocycles. The molecular weight excluding hydrogens is 206 g/mol. The Hall–Kier alpha value is -1.34. The molecule has 17 heavy (non-hydrogen) atoms. The maximum atomic E-state index is 6.08. The summed E-state index contributed by atoms with van der Waals surface area (Å²) < 4.78 is 0. The Balaban J connectivity index is 2.41. The first-order valence-electron chi connectivity index (χ1n) is 6.23. The predicted molar refractivity (Wildman–Crippen MR) is 75.3 cm³/mol. The van der Waals surface area contributed by atoms with E-state index in [0.29, 0.717) is 0 Å². The molecule has 0 aliphatic rings. The summed E-state index contributed by atoms with van der Waals surface area (Å²) >= 11 is 0. The number of fused-ring (bicyclic) bond motifs is 1. The summed E-state index contributed by atoms with van der Waals surface area (Å²) in [6, 6.07) is 13.0. The lowest BCUT2D eigenvalue weighted by Crippen LogP contribution is -2.32. The summed E-state index contributed by atoms with van der Waals surface area (Å²) in [5, 5.41) is 2.69. The fraction of sp³-hybridized carbons (Fsp3) is 0.375. The molecule has 2 rings (SSSR count). The van der Waals surface area contributed by atoms with Gasteiger partial charge in [0.25, 0.3) is 0 Å². The zero-order chi connectivity index (χ0) is 12.5. The van der Waals surface area contributed by atoms with E-state index in [0.717, 1.165) is 12.8 Å². The Morgan fingerprint density at radius 1 is 1.06 bits per heavy atom. The van der Waals surface area contributed by atoms with Crippen molar-refractivity contribution in [1.29, 1.82) is 0 Å². The molecule has 2 N–H and O–H groups in total. The Labute approximate surface area is 104 Å². The molecule has 0 spiro atoms. The van der Waals surface area contributed by atoms with Gasteiger partial charge in [-0.15, -0.1) is 0 Å². The molecule has 0 fully saturated rings. The Kier molecular flexibility index (Phi) is 3.21. The van der Waals surface area contributed by atoms with E-state index in [9.17, 15) is 0 Å². The topological polar surface area (TPSA) is 26.0 Å². The Bertz CT molecular complexity index is 521. The summed E-state index contributed by atoms with van der Waals surface area (Å²) in [5.41, 5.74) is 8.80. The number of nitrogens with two attached hydrogens (primary N) is 1. The molecule has 0 heterocycles.